The number of carbonyl (C=O) groups excluding carboxylic acids is 2. The Morgan fingerprint density at radius 2 is 2.00 bits per heavy atom. The van der Waals surface area contributed by atoms with Crippen molar-refractivity contribution in [2.24, 2.45) is 0 Å². The maximum absolute atomic E-state index is 12.2. The van der Waals surface area contributed by atoms with E-state index < -0.39 is 17.9 Å². The highest BCUT2D eigenvalue weighted by Crippen LogP contribution is 2.24. The molecule has 1 amide bonds. The SMILES string of the molecule is CCCC(NC(=O)CCC(=O)c1cc(Cl)ccc1OC)C(=O)O. The summed E-state index contributed by atoms with van der Waals surface area (Å²) in [6.45, 7) is 1.83. The second-order valence-corrected chi connectivity index (χ2v) is 5.45. The number of halogens is 1. The largest absolute Gasteiger partial charge is 0.496 e. The molecule has 0 heterocycles. The number of ether oxygens (including phenoxy) is 1. The van der Waals surface area contributed by atoms with E-state index in [-0.39, 0.29) is 18.6 Å². The first-order valence-electron chi connectivity index (χ1n) is 7.28. The number of ketones is 1. The number of nitrogens with one attached hydrogen (secondary N) is 1. The molecule has 7 heteroatoms. The molecule has 0 saturated carbocycles. The lowest BCUT2D eigenvalue weighted by Gasteiger charge is -2.13. The Hall–Kier alpha value is -2.08. The fourth-order valence-electron chi connectivity index (χ4n) is 2.07. The molecule has 0 aromatic heterocycles. The van der Waals surface area contributed by atoms with E-state index in [1.807, 2.05) is 6.92 Å². The van der Waals surface area contributed by atoms with Crippen molar-refractivity contribution in [2.45, 2.75) is 38.6 Å². The highest BCUT2D eigenvalue weighted by Gasteiger charge is 2.20. The Morgan fingerprint density at radius 1 is 1.30 bits per heavy atom. The van der Waals surface area contributed by atoms with Crippen LogP contribution in [0.1, 0.15) is 43.0 Å². The molecule has 0 saturated heterocycles. The van der Waals surface area contributed by atoms with E-state index >= 15 is 0 Å². The van der Waals surface area contributed by atoms with Crippen molar-refractivity contribution in [1.82, 2.24) is 5.32 Å². The number of hydrogen-bond donors (Lipinski definition) is 2. The lowest BCUT2D eigenvalue weighted by atomic mass is 10.0. The van der Waals surface area contributed by atoms with E-state index in [9.17, 15) is 14.4 Å². The molecule has 0 radical (unpaired) electrons. The zero-order valence-corrected chi connectivity index (χ0v) is 13.9. The maximum atomic E-state index is 12.2. The Labute approximate surface area is 139 Å². The topological polar surface area (TPSA) is 92.7 Å². The fourth-order valence-corrected chi connectivity index (χ4v) is 2.24. The van der Waals surface area contributed by atoms with Crippen molar-refractivity contribution in [3.63, 3.8) is 0 Å². The van der Waals surface area contributed by atoms with Crippen LogP contribution in [0.3, 0.4) is 0 Å². The molecule has 0 aliphatic rings. The van der Waals surface area contributed by atoms with Gasteiger partial charge in [-0.3, -0.25) is 9.59 Å². The van der Waals surface area contributed by atoms with E-state index in [1.165, 1.54) is 13.2 Å². The van der Waals surface area contributed by atoms with Crippen LogP contribution in [0.25, 0.3) is 0 Å². The lowest BCUT2D eigenvalue weighted by Crippen LogP contribution is -2.40. The van der Waals surface area contributed by atoms with Gasteiger partial charge in [0.25, 0.3) is 0 Å². The minimum atomic E-state index is -1.08. The first-order chi connectivity index (χ1) is 10.9. The highest BCUT2D eigenvalue weighted by atomic mass is 35.5. The first kappa shape index (κ1) is 19.0. The van der Waals surface area contributed by atoms with Crippen LogP contribution in [0, 0.1) is 0 Å². The van der Waals surface area contributed by atoms with E-state index in [2.05, 4.69) is 5.32 Å². The number of carboxylic acids is 1. The van der Waals surface area contributed by atoms with Crippen molar-refractivity contribution in [1.29, 1.82) is 0 Å². The summed E-state index contributed by atoms with van der Waals surface area (Å²) >= 11 is 5.87. The summed E-state index contributed by atoms with van der Waals surface area (Å²) < 4.78 is 5.10. The molecular weight excluding hydrogens is 322 g/mol. The average molecular weight is 342 g/mol. The van der Waals surface area contributed by atoms with E-state index in [0.29, 0.717) is 29.2 Å². The van der Waals surface area contributed by atoms with Gasteiger partial charge in [-0.15, -0.1) is 0 Å². The van der Waals surface area contributed by atoms with Crippen LogP contribution in [0.5, 0.6) is 5.75 Å². The van der Waals surface area contributed by atoms with E-state index in [1.54, 1.807) is 12.1 Å². The molecule has 2 N–H and O–H groups in total. The summed E-state index contributed by atoms with van der Waals surface area (Å²) in [6, 6.07) is 3.74. The number of rotatable bonds is 9. The van der Waals surface area contributed by atoms with Gasteiger partial charge in [0.05, 0.1) is 12.7 Å². The van der Waals surface area contributed by atoms with Gasteiger partial charge in [0.15, 0.2) is 5.78 Å². The van der Waals surface area contributed by atoms with Gasteiger partial charge < -0.3 is 15.2 Å². The van der Waals surface area contributed by atoms with Crippen molar-refractivity contribution in [2.75, 3.05) is 7.11 Å². The summed E-state index contributed by atoms with van der Waals surface area (Å²) in [7, 11) is 1.44. The Bertz CT molecular complexity index is 588. The third-order valence-corrected chi connectivity index (χ3v) is 3.49. The standard InChI is InChI=1S/C16H20ClNO5/c1-3-4-12(16(21)22)18-15(20)8-6-13(19)11-9-10(17)5-7-14(11)23-2/h5,7,9,12H,3-4,6,8H2,1-2H3,(H,18,20)(H,21,22). The van der Waals surface area contributed by atoms with Crippen molar-refractivity contribution in [3.8, 4) is 5.75 Å². The van der Waals surface area contributed by atoms with Gasteiger partial charge in [-0.1, -0.05) is 24.9 Å². The molecule has 0 fully saturated rings. The number of hydrogen-bond acceptors (Lipinski definition) is 4. The average Bonchev–Trinajstić information content (AvgIpc) is 2.52. The van der Waals surface area contributed by atoms with Crippen LogP contribution in [-0.4, -0.2) is 35.9 Å². The maximum Gasteiger partial charge on any atom is 0.326 e. The zero-order valence-electron chi connectivity index (χ0n) is 13.1. The van der Waals surface area contributed by atoms with Gasteiger partial charge in [-0.25, -0.2) is 4.79 Å². The normalized spacial score (nSPS) is 11.6. The summed E-state index contributed by atoms with van der Waals surface area (Å²) in [5.41, 5.74) is 0.302. The number of benzene rings is 1. The van der Waals surface area contributed by atoms with Crippen LogP contribution >= 0.6 is 11.6 Å². The monoisotopic (exact) mass is 341 g/mol. The van der Waals surface area contributed by atoms with Crippen LogP contribution in [0.2, 0.25) is 5.02 Å². The molecule has 0 bridgehead atoms. The molecule has 126 valence electrons. The number of Topliss-reactive ketones (excluding diaryl/α,β-unsaturated/α-hetero) is 1. The molecule has 1 atom stereocenters. The van der Waals surface area contributed by atoms with Crippen molar-refractivity contribution >= 4 is 29.3 Å². The quantitative estimate of drug-likeness (QED) is 0.674. The molecule has 1 rings (SSSR count). The Balaban J connectivity index is 2.64. The molecule has 1 aromatic carbocycles. The fraction of sp³-hybridized carbons (Fsp3) is 0.438. The minimum Gasteiger partial charge on any atom is -0.496 e. The predicted octanol–water partition coefficient (Wildman–Crippen LogP) is 2.68. The second-order valence-electron chi connectivity index (χ2n) is 5.01. The summed E-state index contributed by atoms with van der Waals surface area (Å²) in [5, 5.41) is 11.8. The number of aliphatic carboxylic acids is 1. The molecule has 1 unspecified atom stereocenters. The van der Waals surface area contributed by atoms with E-state index in [0.717, 1.165) is 0 Å². The molecule has 6 nitrogen and oxygen atoms in total. The first-order valence-corrected chi connectivity index (χ1v) is 7.65. The summed E-state index contributed by atoms with van der Waals surface area (Å²) in [5.74, 6) is -1.46. The minimum absolute atomic E-state index is 0.0546. The van der Waals surface area contributed by atoms with Crippen molar-refractivity contribution < 1.29 is 24.2 Å². The molecule has 23 heavy (non-hydrogen) atoms. The third kappa shape index (κ3) is 5.90. The number of methoxy groups -OCH3 is 1. The van der Waals surface area contributed by atoms with Gasteiger partial charge >= 0.3 is 5.97 Å². The van der Waals surface area contributed by atoms with Gasteiger partial charge in [0.2, 0.25) is 5.91 Å². The van der Waals surface area contributed by atoms with Crippen molar-refractivity contribution in [3.05, 3.63) is 28.8 Å². The number of amides is 1. The Kier molecular flexibility index (Phi) is 7.54. The molecule has 0 aliphatic carbocycles. The van der Waals surface area contributed by atoms with Crippen LogP contribution in [0.15, 0.2) is 18.2 Å². The number of carbonyl (C=O) groups is 3. The molecular formula is C16H20ClNO5. The van der Waals surface area contributed by atoms with Gasteiger partial charge in [-0.05, 0) is 24.6 Å². The van der Waals surface area contributed by atoms with Gasteiger partial charge in [0, 0.05) is 17.9 Å². The zero-order chi connectivity index (χ0) is 17.4. The Morgan fingerprint density at radius 3 is 2.57 bits per heavy atom. The highest BCUT2D eigenvalue weighted by molar-refractivity contribution is 6.31. The third-order valence-electron chi connectivity index (χ3n) is 3.25. The molecule has 1 aromatic rings. The van der Waals surface area contributed by atoms with Gasteiger partial charge in [-0.2, -0.15) is 0 Å². The smallest absolute Gasteiger partial charge is 0.326 e. The number of carboxylic acid groups (broad SMARTS) is 1. The lowest BCUT2D eigenvalue weighted by molar-refractivity contribution is -0.142. The summed E-state index contributed by atoms with van der Waals surface area (Å²) in [4.78, 5) is 35.0. The molecule has 0 aliphatic heterocycles. The van der Waals surface area contributed by atoms with Crippen LogP contribution < -0.4 is 10.1 Å². The second kappa shape index (κ2) is 9.15. The van der Waals surface area contributed by atoms with Crippen LogP contribution in [-0.2, 0) is 9.59 Å². The predicted molar refractivity (Wildman–Crippen MR) is 86.0 cm³/mol. The summed E-state index contributed by atoms with van der Waals surface area (Å²) in [6.07, 6.45) is 0.829. The molecule has 0 spiro atoms. The van der Waals surface area contributed by atoms with Gasteiger partial charge in [0.1, 0.15) is 11.8 Å². The van der Waals surface area contributed by atoms with E-state index in [4.69, 9.17) is 21.4 Å². The van der Waals surface area contributed by atoms with Crippen LogP contribution in [0.4, 0.5) is 0 Å².